The molecule has 29 heavy (non-hydrogen) atoms. The molecule has 0 saturated carbocycles. The number of carbonyl (C=O) groups is 3. The molecule has 3 amide bonds. The van der Waals surface area contributed by atoms with Crippen molar-refractivity contribution in [3.05, 3.63) is 65.2 Å². The first-order valence-electron chi connectivity index (χ1n) is 9.03. The molecule has 2 aromatic rings. The lowest BCUT2D eigenvalue weighted by Gasteiger charge is -2.14. The summed E-state index contributed by atoms with van der Waals surface area (Å²) in [4.78, 5) is 37.1. The summed E-state index contributed by atoms with van der Waals surface area (Å²) < 4.78 is 26.0. The van der Waals surface area contributed by atoms with E-state index in [0.29, 0.717) is 11.1 Å². The van der Waals surface area contributed by atoms with Gasteiger partial charge in [0.1, 0.15) is 0 Å². The van der Waals surface area contributed by atoms with Crippen molar-refractivity contribution in [1.82, 2.24) is 14.9 Å². The van der Waals surface area contributed by atoms with Crippen LogP contribution in [0.4, 0.5) is 0 Å². The van der Waals surface area contributed by atoms with E-state index in [-0.39, 0.29) is 48.5 Å². The van der Waals surface area contributed by atoms with Gasteiger partial charge in [0, 0.05) is 24.9 Å². The van der Waals surface area contributed by atoms with Gasteiger partial charge in [0.05, 0.1) is 11.4 Å². The molecule has 3 rings (SSSR count). The Bertz CT molecular complexity index is 1030. The highest BCUT2D eigenvalue weighted by atomic mass is 32.2. The van der Waals surface area contributed by atoms with Crippen molar-refractivity contribution in [2.75, 3.05) is 7.05 Å². The minimum absolute atomic E-state index is 0.127. The second-order valence-electron chi connectivity index (χ2n) is 6.61. The maximum Gasteiger partial charge on any atom is 0.251 e. The van der Waals surface area contributed by atoms with Crippen LogP contribution in [0.1, 0.15) is 34.3 Å². The van der Waals surface area contributed by atoms with Gasteiger partial charge in [0.15, 0.2) is 0 Å². The van der Waals surface area contributed by atoms with Crippen LogP contribution >= 0.6 is 0 Å². The Hall–Kier alpha value is -3.04. The van der Waals surface area contributed by atoms with E-state index in [0.717, 1.165) is 5.56 Å². The van der Waals surface area contributed by atoms with Crippen LogP contribution < -0.4 is 10.0 Å². The van der Waals surface area contributed by atoms with E-state index < -0.39 is 10.0 Å². The zero-order valence-electron chi connectivity index (χ0n) is 15.8. The topological polar surface area (TPSA) is 113 Å². The lowest BCUT2D eigenvalue weighted by Crippen LogP contribution is -2.28. The standard InChI is InChI=1S/C20H21N3O5S/c1-21-29(27,28)17-4-2-3-15(11-17)12-22-20(26)16-7-5-14(6-8-16)13-23-18(24)9-10-19(23)25/h2-8,11,21H,9-10,12-13H2,1H3,(H,22,26). The number of nitrogens with one attached hydrogen (secondary N) is 2. The number of rotatable bonds is 7. The molecule has 1 aliphatic heterocycles. The molecular formula is C20H21N3O5S. The summed E-state index contributed by atoms with van der Waals surface area (Å²) in [6.45, 7) is 0.372. The molecule has 9 heteroatoms. The van der Waals surface area contributed by atoms with Crippen LogP contribution in [0.2, 0.25) is 0 Å². The Balaban J connectivity index is 1.61. The van der Waals surface area contributed by atoms with Crippen molar-refractivity contribution in [2.24, 2.45) is 0 Å². The fourth-order valence-corrected chi connectivity index (χ4v) is 3.77. The number of nitrogens with zero attached hydrogens (tertiary/aromatic N) is 1. The van der Waals surface area contributed by atoms with Gasteiger partial charge in [0.25, 0.3) is 5.91 Å². The average Bonchev–Trinajstić information content (AvgIpc) is 3.04. The van der Waals surface area contributed by atoms with Crippen molar-refractivity contribution in [1.29, 1.82) is 0 Å². The van der Waals surface area contributed by atoms with Crippen molar-refractivity contribution < 1.29 is 22.8 Å². The highest BCUT2D eigenvalue weighted by molar-refractivity contribution is 7.89. The van der Waals surface area contributed by atoms with Crippen LogP contribution in [0.25, 0.3) is 0 Å². The first-order valence-corrected chi connectivity index (χ1v) is 10.5. The molecule has 1 heterocycles. The number of hydrogen-bond acceptors (Lipinski definition) is 5. The minimum Gasteiger partial charge on any atom is -0.348 e. The monoisotopic (exact) mass is 415 g/mol. The molecule has 0 bridgehead atoms. The zero-order chi connectivity index (χ0) is 21.0. The molecule has 0 radical (unpaired) electrons. The van der Waals surface area contributed by atoms with E-state index >= 15 is 0 Å². The van der Waals surface area contributed by atoms with Crippen LogP contribution in [0.3, 0.4) is 0 Å². The maximum absolute atomic E-state index is 12.4. The quantitative estimate of drug-likeness (QED) is 0.660. The Morgan fingerprint density at radius 1 is 1.00 bits per heavy atom. The smallest absolute Gasteiger partial charge is 0.251 e. The predicted octanol–water partition coefficient (Wildman–Crippen LogP) is 1.17. The van der Waals surface area contributed by atoms with E-state index in [2.05, 4.69) is 10.0 Å². The molecule has 1 saturated heterocycles. The fraction of sp³-hybridized carbons (Fsp3) is 0.250. The molecule has 2 aromatic carbocycles. The Labute approximate surface area is 169 Å². The van der Waals surface area contributed by atoms with Crippen LogP contribution in [0.15, 0.2) is 53.4 Å². The second-order valence-corrected chi connectivity index (χ2v) is 8.49. The van der Waals surface area contributed by atoms with Crippen LogP contribution in [-0.4, -0.2) is 38.1 Å². The minimum atomic E-state index is -3.55. The molecular weight excluding hydrogens is 394 g/mol. The Morgan fingerprint density at radius 2 is 1.66 bits per heavy atom. The summed E-state index contributed by atoms with van der Waals surface area (Å²) >= 11 is 0. The van der Waals surface area contributed by atoms with E-state index in [1.807, 2.05) is 0 Å². The number of imide groups is 1. The number of hydrogen-bond donors (Lipinski definition) is 2. The SMILES string of the molecule is CNS(=O)(=O)c1cccc(CNC(=O)c2ccc(CN3C(=O)CCC3=O)cc2)c1. The first-order chi connectivity index (χ1) is 13.8. The third kappa shape index (κ3) is 4.87. The van der Waals surface area contributed by atoms with Gasteiger partial charge in [-0.05, 0) is 42.4 Å². The number of sulfonamides is 1. The van der Waals surface area contributed by atoms with Gasteiger partial charge in [0.2, 0.25) is 21.8 Å². The molecule has 0 unspecified atom stereocenters. The van der Waals surface area contributed by atoms with Crippen molar-refractivity contribution in [3.63, 3.8) is 0 Å². The highest BCUT2D eigenvalue weighted by Crippen LogP contribution is 2.16. The summed E-state index contributed by atoms with van der Waals surface area (Å²) in [6.07, 6.45) is 0.492. The van der Waals surface area contributed by atoms with Gasteiger partial charge in [-0.2, -0.15) is 0 Å². The Morgan fingerprint density at radius 3 is 2.28 bits per heavy atom. The van der Waals surface area contributed by atoms with Gasteiger partial charge < -0.3 is 5.32 Å². The maximum atomic E-state index is 12.4. The molecule has 0 aromatic heterocycles. The zero-order valence-corrected chi connectivity index (χ0v) is 16.7. The lowest BCUT2D eigenvalue weighted by atomic mass is 10.1. The van der Waals surface area contributed by atoms with E-state index in [4.69, 9.17) is 0 Å². The van der Waals surface area contributed by atoms with Gasteiger partial charge in [-0.1, -0.05) is 24.3 Å². The summed E-state index contributed by atoms with van der Waals surface area (Å²) in [5, 5.41) is 2.75. The molecule has 0 aliphatic carbocycles. The van der Waals surface area contributed by atoms with E-state index in [9.17, 15) is 22.8 Å². The normalized spacial score (nSPS) is 14.3. The summed E-state index contributed by atoms with van der Waals surface area (Å²) in [6, 6.07) is 13.0. The van der Waals surface area contributed by atoms with Gasteiger partial charge in [-0.3, -0.25) is 19.3 Å². The Kier molecular flexibility index (Phi) is 6.09. The third-order valence-electron chi connectivity index (χ3n) is 4.64. The average molecular weight is 415 g/mol. The molecule has 0 spiro atoms. The molecule has 152 valence electrons. The summed E-state index contributed by atoms with van der Waals surface area (Å²) in [7, 11) is -2.21. The molecule has 0 atom stereocenters. The third-order valence-corrected chi connectivity index (χ3v) is 6.05. The number of likely N-dealkylation sites (tertiary alicyclic amines) is 1. The number of carbonyl (C=O) groups excluding carboxylic acids is 3. The first kappa shape index (κ1) is 20.7. The van der Waals surface area contributed by atoms with Gasteiger partial charge >= 0.3 is 0 Å². The largest absolute Gasteiger partial charge is 0.348 e. The lowest BCUT2D eigenvalue weighted by molar-refractivity contribution is -0.139. The fourth-order valence-electron chi connectivity index (χ4n) is 2.97. The van der Waals surface area contributed by atoms with Crippen LogP contribution in [0, 0.1) is 0 Å². The summed E-state index contributed by atoms with van der Waals surface area (Å²) in [5.74, 6) is -0.676. The van der Waals surface area contributed by atoms with E-state index in [1.165, 1.54) is 24.1 Å². The van der Waals surface area contributed by atoms with Crippen LogP contribution in [0.5, 0.6) is 0 Å². The van der Waals surface area contributed by atoms with Crippen LogP contribution in [-0.2, 0) is 32.7 Å². The molecule has 1 aliphatic rings. The van der Waals surface area contributed by atoms with Crippen molar-refractivity contribution >= 4 is 27.7 Å². The van der Waals surface area contributed by atoms with Gasteiger partial charge in [-0.15, -0.1) is 0 Å². The highest BCUT2D eigenvalue weighted by Gasteiger charge is 2.28. The number of benzene rings is 2. The second kappa shape index (κ2) is 8.54. The number of amides is 3. The summed E-state index contributed by atoms with van der Waals surface area (Å²) in [5.41, 5.74) is 1.83. The molecule has 8 nitrogen and oxygen atoms in total. The van der Waals surface area contributed by atoms with E-state index in [1.54, 1.807) is 36.4 Å². The predicted molar refractivity (Wildman–Crippen MR) is 105 cm³/mol. The molecule has 2 N–H and O–H groups in total. The molecule has 1 fully saturated rings. The van der Waals surface area contributed by atoms with Gasteiger partial charge in [-0.25, -0.2) is 13.1 Å². The van der Waals surface area contributed by atoms with Crippen molar-refractivity contribution in [2.45, 2.75) is 30.8 Å². The van der Waals surface area contributed by atoms with Crippen molar-refractivity contribution in [3.8, 4) is 0 Å².